The fourth-order valence-corrected chi connectivity index (χ4v) is 2.20. The van der Waals surface area contributed by atoms with E-state index in [2.05, 4.69) is 64.2 Å². The van der Waals surface area contributed by atoms with Crippen LogP contribution in [-0.2, 0) is 11.0 Å². The highest BCUT2D eigenvalue weighted by Gasteiger charge is 2.26. The van der Waals surface area contributed by atoms with Crippen molar-refractivity contribution in [1.29, 1.82) is 0 Å². The first-order valence-corrected chi connectivity index (χ1v) is 6.68. The molecule has 2 nitrogen and oxygen atoms in total. The van der Waals surface area contributed by atoms with Gasteiger partial charge in [-0.25, -0.2) is 0 Å². The summed E-state index contributed by atoms with van der Waals surface area (Å²) in [5.74, 6) is 0. The summed E-state index contributed by atoms with van der Waals surface area (Å²) in [5, 5.41) is 13.1. The van der Waals surface area contributed by atoms with Crippen molar-refractivity contribution >= 4 is 0 Å². The van der Waals surface area contributed by atoms with Gasteiger partial charge in [-0.15, -0.1) is 0 Å². The van der Waals surface area contributed by atoms with Gasteiger partial charge in [0.25, 0.3) is 0 Å². The molecule has 102 valence electrons. The predicted molar refractivity (Wildman–Crippen MR) is 77.9 cm³/mol. The standard InChI is InChI=1S/C16H27NO/c1-12(2)17-16(6,11-18)14-9-7-13(8-10-14)15(3,4)5/h7-10,12,17-18H,11H2,1-6H3. The van der Waals surface area contributed by atoms with Crippen LogP contribution in [0.25, 0.3) is 0 Å². The molecule has 1 unspecified atom stereocenters. The van der Waals surface area contributed by atoms with Crippen LogP contribution in [0, 0.1) is 0 Å². The molecule has 1 atom stereocenters. The topological polar surface area (TPSA) is 32.3 Å². The van der Waals surface area contributed by atoms with Crippen LogP contribution in [0.1, 0.15) is 52.7 Å². The van der Waals surface area contributed by atoms with E-state index < -0.39 is 0 Å². The van der Waals surface area contributed by atoms with E-state index in [-0.39, 0.29) is 17.6 Å². The monoisotopic (exact) mass is 249 g/mol. The number of aliphatic hydroxyl groups excluding tert-OH is 1. The highest BCUT2D eigenvalue weighted by atomic mass is 16.3. The molecule has 0 heterocycles. The molecule has 0 fully saturated rings. The highest BCUT2D eigenvalue weighted by Crippen LogP contribution is 2.26. The summed E-state index contributed by atoms with van der Waals surface area (Å²) in [6.07, 6.45) is 0. The van der Waals surface area contributed by atoms with Gasteiger partial charge in [-0.1, -0.05) is 45.0 Å². The van der Waals surface area contributed by atoms with Gasteiger partial charge in [-0.2, -0.15) is 0 Å². The number of rotatable bonds is 4. The fraction of sp³-hybridized carbons (Fsp3) is 0.625. The quantitative estimate of drug-likeness (QED) is 0.859. The van der Waals surface area contributed by atoms with E-state index in [1.807, 2.05) is 6.92 Å². The van der Waals surface area contributed by atoms with Crippen LogP contribution in [0.2, 0.25) is 0 Å². The summed E-state index contributed by atoms with van der Waals surface area (Å²) in [4.78, 5) is 0. The molecule has 0 amide bonds. The van der Waals surface area contributed by atoms with E-state index in [4.69, 9.17) is 0 Å². The summed E-state index contributed by atoms with van der Waals surface area (Å²) in [6.45, 7) is 13.0. The Morgan fingerprint density at radius 3 is 1.78 bits per heavy atom. The van der Waals surface area contributed by atoms with Gasteiger partial charge in [-0.05, 0) is 37.3 Å². The van der Waals surface area contributed by atoms with Crippen molar-refractivity contribution in [1.82, 2.24) is 5.32 Å². The second-order valence-corrected chi connectivity index (χ2v) is 6.62. The van der Waals surface area contributed by atoms with E-state index in [0.29, 0.717) is 6.04 Å². The normalized spacial score (nSPS) is 15.8. The zero-order valence-electron chi connectivity index (χ0n) is 12.5. The number of hydrogen-bond donors (Lipinski definition) is 2. The van der Waals surface area contributed by atoms with Crippen LogP contribution in [-0.4, -0.2) is 17.8 Å². The molecule has 1 aromatic rings. The summed E-state index contributed by atoms with van der Waals surface area (Å²) in [5.41, 5.74) is 2.24. The third-order valence-corrected chi connectivity index (χ3v) is 3.31. The first-order chi connectivity index (χ1) is 8.19. The van der Waals surface area contributed by atoms with Crippen LogP contribution in [0.3, 0.4) is 0 Å². The van der Waals surface area contributed by atoms with Crippen molar-refractivity contribution < 1.29 is 5.11 Å². The average molecular weight is 249 g/mol. The second kappa shape index (κ2) is 5.41. The van der Waals surface area contributed by atoms with Crippen LogP contribution < -0.4 is 5.32 Å². The minimum absolute atomic E-state index is 0.0973. The SMILES string of the molecule is CC(C)NC(C)(CO)c1ccc(C(C)(C)C)cc1. The van der Waals surface area contributed by atoms with Gasteiger partial charge >= 0.3 is 0 Å². The molecule has 2 N–H and O–H groups in total. The molecular formula is C16H27NO. The number of benzene rings is 1. The number of nitrogens with one attached hydrogen (secondary N) is 1. The van der Waals surface area contributed by atoms with Crippen molar-refractivity contribution in [3.05, 3.63) is 35.4 Å². The Hall–Kier alpha value is -0.860. The van der Waals surface area contributed by atoms with Gasteiger partial charge < -0.3 is 10.4 Å². The molecule has 0 radical (unpaired) electrons. The molecule has 0 aliphatic rings. The number of hydrogen-bond acceptors (Lipinski definition) is 2. The van der Waals surface area contributed by atoms with E-state index in [1.165, 1.54) is 5.56 Å². The molecular weight excluding hydrogens is 222 g/mol. The van der Waals surface area contributed by atoms with E-state index >= 15 is 0 Å². The Morgan fingerprint density at radius 1 is 1.00 bits per heavy atom. The smallest absolute Gasteiger partial charge is 0.0652 e. The molecule has 18 heavy (non-hydrogen) atoms. The van der Waals surface area contributed by atoms with Crippen LogP contribution in [0.4, 0.5) is 0 Å². The minimum Gasteiger partial charge on any atom is -0.394 e. The maximum Gasteiger partial charge on any atom is 0.0652 e. The van der Waals surface area contributed by atoms with Crippen LogP contribution in [0.5, 0.6) is 0 Å². The summed E-state index contributed by atoms with van der Waals surface area (Å²) in [7, 11) is 0. The first-order valence-electron chi connectivity index (χ1n) is 6.68. The fourth-order valence-electron chi connectivity index (χ4n) is 2.20. The summed E-state index contributed by atoms with van der Waals surface area (Å²) < 4.78 is 0. The minimum atomic E-state index is -0.370. The lowest BCUT2D eigenvalue weighted by Gasteiger charge is -2.32. The lowest BCUT2D eigenvalue weighted by Crippen LogP contribution is -2.46. The first kappa shape index (κ1) is 15.2. The van der Waals surface area contributed by atoms with Crippen molar-refractivity contribution in [2.75, 3.05) is 6.61 Å². The highest BCUT2D eigenvalue weighted by molar-refractivity contribution is 5.31. The molecule has 0 saturated heterocycles. The summed E-state index contributed by atoms with van der Waals surface area (Å²) in [6, 6.07) is 8.89. The van der Waals surface area contributed by atoms with E-state index in [9.17, 15) is 5.11 Å². The van der Waals surface area contributed by atoms with Gasteiger partial charge in [0.1, 0.15) is 0 Å². The van der Waals surface area contributed by atoms with Gasteiger partial charge in [0, 0.05) is 6.04 Å². The predicted octanol–water partition coefficient (Wildman–Crippen LogP) is 3.19. The second-order valence-electron chi connectivity index (χ2n) is 6.62. The maximum atomic E-state index is 9.65. The molecule has 0 aliphatic heterocycles. The van der Waals surface area contributed by atoms with Gasteiger partial charge in [0.2, 0.25) is 0 Å². The zero-order valence-corrected chi connectivity index (χ0v) is 12.5. The lowest BCUT2D eigenvalue weighted by atomic mass is 9.84. The van der Waals surface area contributed by atoms with Gasteiger partial charge in [0.15, 0.2) is 0 Å². The van der Waals surface area contributed by atoms with Crippen molar-refractivity contribution in [3.63, 3.8) is 0 Å². The van der Waals surface area contributed by atoms with E-state index in [0.717, 1.165) is 5.56 Å². The van der Waals surface area contributed by atoms with Gasteiger partial charge in [-0.3, -0.25) is 0 Å². The van der Waals surface area contributed by atoms with Gasteiger partial charge in [0.05, 0.1) is 12.1 Å². The lowest BCUT2D eigenvalue weighted by molar-refractivity contribution is 0.166. The van der Waals surface area contributed by atoms with E-state index in [1.54, 1.807) is 0 Å². The zero-order chi connectivity index (χ0) is 14.0. The molecule has 0 saturated carbocycles. The third-order valence-electron chi connectivity index (χ3n) is 3.31. The molecule has 1 rings (SSSR count). The van der Waals surface area contributed by atoms with Crippen molar-refractivity contribution in [2.24, 2.45) is 0 Å². The molecule has 0 bridgehead atoms. The Kier molecular flexibility index (Phi) is 4.57. The van der Waals surface area contributed by atoms with Crippen molar-refractivity contribution in [3.8, 4) is 0 Å². The Balaban J connectivity index is 3.02. The average Bonchev–Trinajstić information content (AvgIpc) is 2.27. The van der Waals surface area contributed by atoms with Crippen molar-refractivity contribution in [2.45, 2.75) is 58.5 Å². The molecule has 0 aromatic heterocycles. The third kappa shape index (κ3) is 3.56. The molecule has 0 aliphatic carbocycles. The molecule has 0 spiro atoms. The van der Waals surface area contributed by atoms with Crippen LogP contribution >= 0.6 is 0 Å². The number of aliphatic hydroxyl groups is 1. The largest absolute Gasteiger partial charge is 0.394 e. The van der Waals surface area contributed by atoms with Crippen LogP contribution in [0.15, 0.2) is 24.3 Å². The summed E-state index contributed by atoms with van der Waals surface area (Å²) >= 11 is 0. The molecule has 1 aromatic carbocycles. The maximum absolute atomic E-state index is 9.65. The molecule has 2 heteroatoms. The Labute approximate surface area is 111 Å². The Morgan fingerprint density at radius 2 is 1.44 bits per heavy atom. The Bertz CT molecular complexity index is 375.